The molecule has 3 heteroatoms. The first kappa shape index (κ1) is 16.6. The van der Waals surface area contributed by atoms with Crippen LogP contribution in [-0.4, -0.2) is 17.7 Å². The second kappa shape index (κ2) is 8.05. The van der Waals surface area contributed by atoms with Gasteiger partial charge in [0.15, 0.2) is 0 Å². The summed E-state index contributed by atoms with van der Waals surface area (Å²) in [4.78, 5) is 11.0. The molecule has 23 heavy (non-hydrogen) atoms. The van der Waals surface area contributed by atoms with Crippen LogP contribution >= 0.6 is 0 Å². The van der Waals surface area contributed by atoms with Crippen molar-refractivity contribution in [3.63, 3.8) is 0 Å². The molecule has 0 aromatic heterocycles. The highest BCUT2D eigenvalue weighted by atomic mass is 16.5. The molecule has 0 saturated carbocycles. The Morgan fingerprint density at radius 2 is 1.91 bits per heavy atom. The van der Waals surface area contributed by atoms with Gasteiger partial charge in [0.1, 0.15) is 5.75 Å². The highest BCUT2D eigenvalue weighted by Gasteiger charge is 2.13. The van der Waals surface area contributed by atoms with Crippen LogP contribution in [0.3, 0.4) is 0 Å². The van der Waals surface area contributed by atoms with Crippen LogP contribution in [0.5, 0.6) is 5.75 Å². The van der Waals surface area contributed by atoms with Crippen LogP contribution in [0, 0.1) is 11.8 Å². The fourth-order valence-corrected chi connectivity index (χ4v) is 2.44. The Balaban J connectivity index is 2.25. The first-order chi connectivity index (χ1) is 11.1. The highest BCUT2D eigenvalue weighted by molar-refractivity contribution is 5.69. The number of benzene rings is 2. The first-order valence-corrected chi connectivity index (χ1v) is 7.61. The van der Waals surface area contributed by atoms with Gasteiger partial charge in [-0.1, -0.05) is 42.3 Å². The summed E-state index contributed by atoms with van der Waals surface area (Å²) in [5.41, 5.74) is 3.05. The molecule has 118 valence electrons. The number of carbonyl (C=O) groups is 1. The van der Waals surface area contributed by atoms with E-state index in [2.05, 4.69) is 11.8 Å². The fourth-order valence-electron chi connectivity index (χ4n) is 2.44. The lowest BCUT2D eigenvalue weighted by Crippen LogP contribution is -2.04. The summed E-state index contributed by atoms with van der Waals surface area (Å²) in [5, 5.41) is 9.00. The third-order valence-corrected chi connectivity index (χ3v) is 3.49. The Kier molecular flexibility index (Phi) is 5.82. The van der Waals surface area contributed by atoms with E-state index in [1.807, 2.05) is 55.5 Å². The van der Waals surface area contributed by atoms with Gasteiger partial charge in [-0.3, -0.25) is 4.79 Å². The molecule has 0 aliphatic carbocycles. The van der Waals surface area contributed by atoms with Gasteiger partial charge < -0.3 is 9.84 Å². The number of hydrogen-bond donors (Lipinski definition) is 1. The zero-order valence-corrected chi connectivity index (χ0v) is 13.4. The molecule has 0 bridgehead atoms. The molecule has 0 amide bonds. The van der Waals surface area contributed by atoms with Crippen molar-refractivity contribution < 1.29 is 14.6 Å². The van der Waals surface area contributed by atoms with Crippen molar-refractivity contribution in [1.29, 1.82) is 0 Å². The van der Waals surface area contributed by atoms with E-state index in [4.69, 9.17) is 9.84 Å². The van der Waals surface area contributed by atoms with Gasteiger partial charge in [-0.05, 0) is 42.7 Å². The van der Waals surface area contributed by atoms with Gasteiger partial charge in [0.25, 0.3) is 0 Å². The number of carboxylic acid groups (broad SMARTS) is 1. The van der Waals surface area contributed by atoms with E-state index in [1.165, 1.54) is 0 Å². The fraction of sp³-hybridized carbons (Fsp3) is 0.250. The van der Waals surface area contributed by atoms with Gasteiger partial charge in [-0.25, -0.2) is 0 Å². The van der Waals surface area contributed by atoms with Gasteiger partial charge in [-0.2, -0.15) is 0 Å². The molecule has 0 spiro atoms. The smallest absolute Gasteiger partial charge is 0.304 e. The van der Waals surface area contributed by atoms with Crippen molar-refractivity contribution in [2.24, 2.45) is 0 Å². The molecule has 2 aromatic carbocycles. The van der Waals surface area contributed by atoms with E-state index in [0.717, 1.165) is 22.4 Å². The lowest BCUT2D eigenvalue weighted by atomic mass is 9.94. The molecule has 1 N–H and O–H groups in total. The quantitative estimate of drug-likeness (QED) is 0.808. The predicted molar refractivity (Wildman–Crippen MR) is 91.5 cm³/mol. The molecular weight excluding hydrogens is 288 g/mol. The van der Waals surface area contributed by atoms with Crippen LogP contribution in [0.15, 0.2) is 48.5 Å². The summed E-state index contributed by atoms with van der Waals surface area (Å²) in [7, 11) is 0. The van der Waals surface area contributed by atoms with Gasteiger partial charge in [-0.15, -0.1) is 5.92 Å². The second-order valence-electron chi connectivity index (χ2n) is 5.13. The van der Waals surface area contributed by atoms with Gasteiger partial charge >= 0.3 is 5.97 Å². The van der Waals surface area contributed by atoms with Crippen LogP contribution in [0.1, 0.15) is 31.7 Å². The molecule has 2 rings (SSSR count). The minimum Gasteiger partial charge on any atom is -0.494 e. The third-order valence-electron chi connectivity index (χ3n) is 3.49. The van der Waals surface area contributed by atoms with Crippen LogP contribution in [0.25, 0.3) is 11.1 Å². The van der Waals surface area contributed by atoms with E-state index in [1.54, 1.807) is 6.92 Å². The maximum absolute atomic E-state index is 11.0. The minimum absolute atomic E-state index is 0.0139. The molecule has 2 aromatic rings. The summed E-state index contributed by atoms with van der Waals surface area (Å²) in [6.45, 7) is 4.32. The number of ether oxygens (including phenoxy) is 1. The Bertz CT molecular complexity index is 721. The topological polar surface area (TPSA) is 46.5 Å². The average molecular weight is 308 g/mol. The van der Waals surface area contributed by atoms with E-state index in [0.29, 0.717) is 6.61 Å². The molecule has 0 heterocycles. The zero-order chi connectivity index (χ0) is 16.7. The summed E-state index contributed by atoms with van der Waals surface area (Å²) in [6, 6.07) is 15.8. The molecule has 0 saturated heterocycles. The van der Waals surface area contributed by atoms with E-state index < -0.39 is 5.97 Å². The summed E-state index contributed by atoms with van der Waals surface area (Å²) in [6.07, 6.45) is 0.0139. The molecule has 0 aliphatic heterocycles. The lowest BCUT2D eigenvalue weighted by molar-refractivity contribution is -0.137. The average Bonchev–Trinajstić information content (AvgIpc) is 2.55. The van der Waals surface area contributed by atoms with Crippen LogP contribution in [0.4, 0.5) is 0 Å². The highest BCUT2D eigenvalue weighted by Crippen LogP contribution is 2.27. The SMILES string of the molecule is CC#CC(CC(=O)O)c1ccc(-c2cccc(OCC)c2)cc1. The lowest BCUT2D eigenvalue weighted by Gasteiger charge is -2.10. The van der Waals surface area contributed by atoms with E-state index in [-0.39, 0.29) is 12.3 Å². The van der Waals surface area contributed by atoms with Crippen molar-refractivity contribution in [3.05, 3.63) is 54.1 Å². The normalized spacial score (nSPS) is 11.2. The second-order valence-corrected chi connectivity index (χ2v) is 5.13. The van der Waals surface area contributed by atoms with Crippen molar-refractivity contribution in [3.8, 4) is 28.7 Å². The molecule has 1 unspecified atom stereocenters. The third kappa shape index (κ3) is 4.62. The molecular formula is C20H20O3. The molecule has 1 atom stereocenters. The van der Waals surface area contributed by atoms with Crippen LogP contribution in [-0.2, 0) is 4.79 Å². The van der Waals surface area contributed by atoms with E-state index >= 15 is 0 Å². The van der Waals surface area contributed by atoms with Crippen molar-refractivity contribution in [2.45, 2.75) is 26.2 Å². The van der Waals surface area contributed by atoms with Crippen LogP contribution < -0.4 is 4.74 Å². The molecule has 0 aliphatic rings. The Hall–Kier alpha value is -2.73. The Labute approximate surface area is 136 Å². The van der Waals surface area contributed by atoms with Gasteiger partial charge in [0, 0.05) is 0 Å². The monoisotopic (exact) mass is 308 g/mol. The number of hydrogen-bond acceptors (Lipinski definition) is 2. The molecule has 3 nitrogen and oxygen atoms in total. The summed E-state index contributed by atoms with van der Waals surface area (Å²) < 4.78 is 5.52. The van der Waals surface area contributed by atoms with Gasteiger partial charge in [0.05, 0.1) is 18.9 Å². The Morgan fingerprint density at radius 1 is 1.17 bits per heavy atom. The maximum Gasteiger partial charge on any atom is 0.304 e. The maximum atomic E-state index is 11.0. The van der Waals surface area contributed by atoms with Gasteiger partial charge in [0.2, 0.25) is 0 Å². The number of carboxylic acids is 1. The summed E-state index contributed by atoms with van der Waals surface area (Å²) >= 11 is 0. The summed E-state index contributed by atoms with van der Waals surface area (Å²) in [5.74, 6) is 5.50. The molecule has 0 radical (unpaired) electrons. The zero-order valence-electron chi connectivity index (χ0n) is 13.4. The number of aliphatic carboxylic acids is 1. The standard InChI is InChI=1S/C20H20O3/c1-3-6-17(14-20(21)22)15-9-11-16(12-10-15)18-7-5-8-19(13-18)23-4-2/h5,7-13,17H,4,14H2,1-2H3,(H,21,22). The number of rotatable bonds is 6. The minimum atomic E-state index is -0.841. The van der Waals surface area contributed by atoms with Crippen LogP contribution in [0.2, 0.25) is 0 Å². The predicted octanol–water partition coefficient (Wildman–Crippen LogP) is 4.33. The van der Waals surface area contributed by atoms with Crippen molar-refractivity contribution in [2.75, 3.05) is 6.61 Å². The molecule has 0 fully saturated rings. The first-order valence-electron chi connectivity index (χ1n) is 7.61. The van der Waals surface area contributed by atoms with Crippen molar-refractivity contribution in [1.82, 2.24) is 0 Å². The Morgan fingerprint density at radius 3 is 2.52 bits per heavy atom. The van der Waals surface area contributed by atoms with Crippen molar-refractivity contribution >= 4 is 5.97 Å². The largest absolute Gasteiger partial charge is 0.494 e. The van der Waals surface area contributed by atoms with E-state index in [9.17, 15) is 4.79 Å².